The van der Waals surface area contributed by atoms with Crippen molar-refractivity contribution < 1.29 is 5.11 Å². The highest BCUT2D eigenvalue weighted by Gasteiger charge is 2.16. The molecule has 0 spiro atoms. The maximum absolute atomic E-state index is 12.3. The van der Waals surface area contributed by atoms with Gasteiger partial charge in [0.05, 0.1) is 0 Å². The molecule has 0 saturated heterocycles. The molecule has 26 heavy (non-hydrogen) atoms. The van der Waals surface area contributed by atoms with E-state index in [-0.39, 0.29) is 11.3 Å². The Morgan fingerprint density at radius 1 is 1.00 bits per heavy atom. The Morgan fingerprint density at radius 3 is 2.42 bits per heavy atom. The van der Waals surface area contributed by atoms with Crippen LogP contribution in [0.1, 0.15) is 32.3 Å². The van der Waals surface area contributed by atoms with Gasteiger partial charge in [-0.2, -0.15) is 0 Å². The van der Waals surface area contributed by atoms with Crippen LogP contribution in [-0.2, 0) is 0 Å². The molecule has 0 aliphatic carbocycles. The molecule has 4 aromatic rings. The first-order chi connectivity index (χ1) is 12.5. The maximum atomic E-state index is 12.3. The minimum absolute atomic E-state index is 0.0831. The lowest BCUT2D eigenvalue weighted by Crippen LogP contribution is -2.04. The van der Waals surface area contributed by atoms with Crippen molar-refractivity contribution in [1.29, 1.82) is 0 Å². The number of rotatable bonds is 3. The number of thiophene rings is 1. The predicted octanol–water partition coefficient (Wildman–Crippen LogP) is 5.87. The molecule has 0 amide bonds. The number of benzene rings is 2. The molecule has 4 heteroatoms. The fourth-order valence-electron chi connectivity index (χ4n) is 3.47. The number of aromatic amines is 1. The molecule has 1 unspecified atom stereocenters. The number of aromatic nitrogens is 1. The highest BCUT2D eigenvalue weighted by molar-refractivity contribution is 7.17. The van der Waals surface area contributed by atoms with Crippen molar-refractivity contribution in [3.63, 3.8) is 0 Å². The third-order valence-electron chi connectivity index (χ3n) is 5.30. The average Bonchev–Trinajstić information content (AvgIpc) is 3.12. The van der Waals surface area contributed by atoms with Crippen LogP contribution in [0.25, 0.3) is 32.1 Å². The topological polar surface area (TPSA) is 53.1 Å². The van der Waals surface area contributed by atoms with Crippen LogP contribution in [-0.4, -0.2) is 10.1 Å². The zero-order valence-electron chi connectivity index (χ0n) is 15.0. The van der Waals surface area contributed by atoms with Gasteiger partial charge in [0, 0.05) is 21.9 Å². The summed E-state index contributed by atoms with van der Waals surface area (Å²) in [7, 11) is 0. The van der Waals surface area contributed by atoms with Crippen LogP contribution in [0.5, 0.6) is 5.75 Å². The van der Waals surface area contributed by atoms with Gasteiger partial charge in [0.1, 0.15) is 10.4 Å². The van der Waals surface area contributed by atoms with Gasteiger partial charge >= 0.3 is 0 Å². The molecule has 132 valence electrons. The summed E-state index contributed by atoms with van der Waals surface area (Å²) in [6.45, 7) is 6.67. The van der Waals surface area contributed by atoms with E-state index in [1.54, 1.807) is 12.1 Å². The Labute approximate surface area is 155 Å². The first-order valence-corrected chi connectivity index (χ1v) is 9.71. The van der Waals surface area contributed by atoms with E-state index >= 15 is 0 Å². The second-order valence-electron chi connectivity index (χ2n) is 7.15. The van der Waals surface area contributed by atoms with Crippen LogP contribution in [0, 0.1) is 5.92 Å². The molecule has 2 aromatic carbocycles. The fourth-order valence-corrected chi connectivity index (χ4v) is 4.26. The van der Waals surface area contributed by atoms with Crippen molar-refractivity contribution in [1.82, 2.24) is 4.98 Å². The molecule has 3 nitrogen and oxygen atoms in total. The Hall–Kier alpha value is -2.59. The molecule has 0 aliphatic heterocycles. The molecular formula is C22H21NO2S. The number of H-pyrrole nitrogens is 1. The zero-order valence-corrected chi connectivity index (χ0v) is 15.9. The van der Waals surface area contributed by atoms with Crippen molar-refractivity contribution in [2.75, 3.05) is 0 Å². The Balaban J connectivity index is 1.98. The van der Waals surface area contributed by atoms with E-state index in [1.165, 1.54) is 16.9 Å². The molecule has 0 radical (unpaired) electrons. The van der Waals surface area contributed by atoms with Gasteiger partial charge in [-0.3, -0.25) is 4.79 Å². The quantitative estimate of drug-likeness (QED) is 0.478. The SMILES string of the molecule is CC(C)C(C)c1ccc(-c2c(O)ccc3[nH]c(=O)c4sccc4c23)cc1. The van der Waals surface area contributed by atoms with E-state index in [0.29, 0.717) is 16.5 Å². The molecular weight excluding hydrogens is 342 g/mol. The summed E-state index contributed by atoms with van der Waals surface area (Å²) < 4.78 is 0.689. The molecule has 2 heterocycles. The minimum Gasteiger partial charge on any atom is -0.507 e. The summed E-state index contributed by atoms with van der Waals surface area (Å²) >= 11 is 1.42. The maximum Gasteiger partial charge on any atom is 0.266 e. The lowest BCUT2D eigenvalue weighted by atomic mass is 9.88. The van der Waals surface area contributed by atoms with Gasteiger partial charge in [0.25, 0.3) is 5.56 Å². The second kappa shape index (κ2) is 6.29. The molecule has 0 aliphatic rings. The zero-order chi connectivity index (χ0) is 18.4. The lowest BCUT2D eigenvalue weighted by Gasteiger charge is -2.17. The molecule has 0 fully saturated rings. The van der Waals surface area contributed by atoms with Crippen molar-refractivity contribution in [3.8, 4) is 16.9 Å². The van der Waals surface area contributed by atoms with Gasteiger partial charge in [-0.1, -0.05) is 45.0 Å². The number of fused-ring (bicyclic) bond motifs is 3. The molecule has 2 N–H and O–H groups in total. The largest absolute Gasteiger partial charge is 0.507 e. The summed E-state index contributed by atoms with van der Waals surface area (Å²) in [4.78, 5) is 15.2. The average molecular weight is 363 g/mol. The number of phenols is 1. The first kappa shape index (κ1) is 16.9. The van der Waals surface area contributed by atoms with Crippen LogP contribution in [0.2, 0.25) is 0 Å². The molecule has 4 rings (SSSR count). The standard InChI is InChI=1S/C22H21NO2S/c1-12(2)13(3)14-4-6-15(7-5-14)19-18(24)9-8-17-20(19)16-10-11-26-21(16)22(25)23-17/h4-13,24H,1-3H3,(H,23,25). The van der Waals surface area contributed by atoms with Crippen molar-refractivity contribution in [3.05, 3.63) is 63.8 Å². The first-order valence-electron chi connectivity index (χ1n) is 8.83. The van der Waals surface area contributed by atoms with Crippen molar-refractivity contribution in [2.45, 2.75) is 26.7 Å². The van der Waals surface area contributed by atoms with Crippen LogP contribution in [0.3, 0.4) is 0 Å². The summed E-state index contributed by atoms with van der Waals surface area (Å²) in [5.41, 5.74) is 3.67. The van der Waals surface area contributed by atoms with Crippen LogP contribution < -0.4 is 5.56 Å². The Kier molecular flexibility index (Phi) is 4.08. The number of pyridine rings is 1. The van der Waals surface area contributed by atoms with Crippen LogP contribution >= 0.6 is 11.3 Å². The number of hydrogen-bond acceptors (Lipinski definition) is 3. The van der Waals surface area contributed by atoms with E-state index < -0.39 is 0 Å². The minimum atomic E-state index is -0.0831. The van der Waals surface area contributed by atoms with E-state index in [2.05, 4.69) is 50.0 Å². The van der Waals surface area contributed by atoms with Crippen molar-refractivity contribution in [2.24, 2.45) is 5.92 Å². The number of nitrogens with one attached hydrogen (secondary N) is 1. The second-order valence-corrected chi connectivity index (χ2v) is 8.07. The van der Waals surface area contributed by atoms with Gasteiger partial charge < -0.3 is 10.1 Å². The van der Waals surface area contributed by atoms with Gasteiger partial charge in [0.2, 0.25) is 0 Å². The third-order valence-corrected chi connectivity index (χ3v) is 6.21. The van der Waals surface area contributed by atoms with Gasteiger partial charge in [0.15, 0.2) is 0 Å². The summed E-state index contributed by atoms with van der Waals surface area (Å²) in [6.07, 6.45) is 0. The van der Waals surface area contributed by atoms with Crippen molar-refractivity contribution >= 4 is 32.3 Å². The van der Waals surface area contributed by atoms with Crippen LogP contribution in [0.4, 0.5) is 0 Å². The predicted molar refractivity (Wildman–Crippen MR) is 110 cm³/mol. The molecule has 0 saturated carbocycles. The Bertz CT molecular complexity index is 1150. The molecule has 0 bridgehead atoms. The van der Waals surface area contributed by atoms with Gasteiger partial charge in [-0.15, -0.1) is 11.3 Å². The normalized spacial score (nSPS) is 12.9. The summed E-state index contributed by atoms with van der Waals surface area (Å²) in [5.74, 6) is 1.27. The van der Waals surface area contributed by atoms with E-state index in [9.17, 15) is 9.90 Å². The summed E-state index contributed by atoms with van der Waals surface area (Å²) in [5, 5.41) is 14.3. The third kappa shape index (κ3) is 2.61. The van der Waals surface area contributed by atoms with E-state index in [4.69, 9.17) is 0 Å². The van der Waals surface area contributed by atoms with E-state index in [0.717, 1.165) is 27.4 Å². The van der Waals surface area contributed by atoms with Gasteiger partial charge in [-0.05, 0) is 46.5 Å². The van der Waals surface area contributed by atoms with Gasteiger partial charge in [-0.25, -0.2) is 0 Å². The molecule has 1 atom stereocenters. The molecule has 2 aromatic heterocycles. The van der Waals surface area contributed by atoms with Crippen LogP contribution in [0.15, 0.2) is 52.6 Å². The summed E-state index contributed by atoms with van der Waals surface area (Å²) in [6, 6.07) is 13.8. The highest BCUT2D eigenvalue weighted by Crippen LogP contribution is 2.40. The highest BCUT2D eigenvalue weighted by atomic mass is 32.1. The number of aromatic hydroxyl groups is 1. The lowest BCUT2D eigenvalue weighted by molar-refractivity contribution is 0.478. The fraction of sp³-hybridized carbons (Fsp3) is 0.227. The number of hydrogen-bond donors (Lipinski definition) is 2. The number of phenolic OH excluding ortho intramolecular Hbond substituents is 1. The van der Waals surface area contributed by atoms with E-state index in [1.807, 2.05) is 11.4 Å². The smallest absolute Gasteiger partial charge is 0.266 e. The Morgan fingerprint density at radius 2 is 1.73 bits per heavy atom. The monoisotopic (exact) mass is 363 g/mol.